The highest BCUT2D eigenvalue weighted by molar-refractivity contribution is 5.37. The molecule has 1 heterocycles. The minimum Gasteiger partial charge on any atom is -0.494 e. The standard InChI is InChI=1S/C12H13FN2O2/c1-16-10-4-2-3-9(11(10)13)12(15-14)8-5-6-17-7-8/h2-7,12,15H,14H2,1H3. The van der Waals surface area contributed by atoms with E-state index in [1.54, 1.807) is 24.3 Å². The van der Waals surface area contributed by atoms with Crippen molar-refractivity contribution in [1.82, 2.24) is 5.43 Å². The highest BCUT2D eigenvalue weighted by Gasteiger charge is 2.19. The Labute approximate surface area is 98.2 Å². The number of methoxy groups -OCH3 is 1. The lowest BCUT2D eigenvalue weighted by molar-refractivity contribution is 0.381. The summed E-state index contributed by atoms with van der Waals surface area (Å²) in [5.74, 6) is 5.21. The van der Waals surface area contributed by atoms with Crippen molar-refractivity contribution in [3.05, 3.63) is 53.7 Å². The largest absolute Gasteiger partial charge is 0.494 e. The van der Waals surface area contributed by atoms with Crippen LogP contribution in [0.15, 0.2) is 41.2 Å². The average Bonchev–Trinajstić information content (AvgIpc) is 2.86. The quantitative estimate of drug-likeness (QED) is 0.629. The Balaban J connectivity index is 2.44. The van der Waals surface area contributed by atoms with E-state index in [0.717, 1.165) is 5.56 Å². The molecule has 17 heavy (non-hydrogen) atoms. The minimum atomic E-state index is -0.469. The number of hydrazine groups is 1. The lowest BCUT2D eigenvalue weighted by atomic mass is 10.0. The Morgan fingerprint density at radius 2 is 2.24 bits per heavy atom. The highest BCUT2D eigenvalue weighted by Crippen LogP contribution is 2.28. The lowest BCUT2D eigenvalue weighted by Gasteiger charge is -2.16. The van der Waals surface area contributed by atoms with Gasteiger partial charge in [-0.25, -0.2) is 9.82 Å². The van der Waals surface area contributed by atoms with Crippen LogP contribution in [0.4, 0.5) is 4.39 Å². The summed E-state index contributed by atoms with van der Waals surface area (Å²) in [5, 5.41) is 0. The number of benzene rings is 1. The number of nitrogens with one attached hydrogen (secondary N) is 1. The van der Waals surface area contributed by atoms with Gasteiger partial charge in [0.25, 0.3) is 0 Å². The summed E-state index contributed by atoms with van der Waals surface area (Å²) >= 11 is 0. The molecule has 0 saturated carbocycles. The molecule has 1 atom stereocenters. The van der Waals surface area contributed by atoms with E-state index in [1.807, 2.05) is 0 Å². The molecule has 0 aliphatic heterocycles. The number of hydrogen-bond acceptors (Lipinski definition) is 4. The van der Waals surface area contributed by atoms with E-state index >= 15 is 0 Å². The Morgan fingerprint density at radius 3 is 2.82 bits per heavy atom. The van der Waals surface area contributed by atoms with E-state index in [2.05, 4.69) is 5.43 Å². The molecule has 0 aliphatic carbocycles. The number of halogens is 1. The van der Waals surface area contributed by atoms with Crippen LogP contribution < -0.4 is 16.0 Å². The molecule has 3 N–H and O–H groups in total. The predicted octanol–water partition coefficient (Wildman–Crippen LogP) is 1.98. The van der Waals surface area contributed by atoms with Crippen LogP contribution in [0.2, 0.25) is 0 Å². The molecule has 0 fully saturated rings. The second-order valence-electron chi connectivity index (χ2n) is 3.52. The van der Waals surface area contributed by atoms with Crippen molar-refractivity contribution < 1.29 is 13.5 Å². The molecule has 2 aromatic rings. The molecule has 0 spiro atoms. The van der Waals surface area contributed by atoms with Gasteiger partial charge in [-0.2, -0.15) is 0 Å². The Kier molecular flexibility index (Phi) is 3.41. The van der Waals surface area contributed by atoms with Crippen molar-refractivity contribution in [3.8, 4) is 5.75 Å². The summed E-state index contributed by atoms with van der Waals surface area (Å²) in [6.45, 7) is 0. The molecular weight excluding hydrogens is 223 g/mol. The second kappa shape index (κ2) is 4.99. The first kappa shape index (κ1) is 11.6. The van der Waals surface area contributed by atoms with Crippen molar-refractivity contribution in [2.45, 2.75) is 6.04 Å². The van der Waals surface area contributed by atoms with Gasteiger partial charge >= 0.3 is 0 Å². The monoisotopic (exact) mass is 236 g/mol. The number of rotatable bonds is 4. The third kappa shape index (κ3) is 2.15. The molecule has 1 aromatic carbocycles. The Bertz CT molecular complexity index is 485. The molecule has 90 valence electrons. The zero-order valence-corrected chi connectivity index (χ0v) is 9.31. The normalized spacial score (nSPS) is 12.4. The molecule has 2 rings (SSSR count). The summed E-state index contributed by atoms with van der Waals surface area (Å²) in [6, 6.07) is 6.17. The van der Waals surface area contributed by atoms with Crippen molar-refractivity contribution in [1.29, 1.82) is 0 Å². The number of ether oxygens (including phenoxy) is 1. The third-order valence-corrected chi connectivity index (χ3v) is 2.57. The van der Waals surface area contributed by atoms with E-state index in [-0.39, 0.29) is 5.75 Å². The van der Waals surface area contributed by atoms with E-state index in [1.165, 1.54) is 19.6 Å². The smallest absolute Gasteiger partial charge is 0.170 e. The first-order valence-corrected chi connectivity index (χ1v) is 5.08. The van der Waals surface area contributed by atoms with Gasteiger partial charge in [0, 0.05) is 11.1 Å². The van der Waals surface area contributed by atoms with Crippen molar-refractivity contribution >= 4 is 0 Å². The van der Waals surface area contributed by atoms with Crippen LogP contribution in [-0.4, -0.2) is 7.11 Å². The van der Waals surface area contributed by atoms with Crippen molar-refractivity contribution in [2.24, 2.45) is 5.84 Å². The molecule has 0 radical (unpaired) electrons. The van der Waals surface area contributed by atoms with Crippen LogP contribution in [0.5, 0.6) is 5.75 Å². The Hall–Kier alpha value is -1.85. The van der Waals surface area contributed by atoms with Crippen LogP contribution in [0.3, 0.4) is 0 Å². The molecule has 4 nitrogen and oxygen atoms in total. The zero-order valence-electron chi connectivity index (χ0n) is 9.31. The molecule has 0 bridgehead atoms. The molecular formula is C12H13FN2O2. The van der Waals surface area contributed by atoms with Crippen molar-refractivity contribution in [2.75, 3.05) is 7.11 Å². The van der Waals surface area contributed by atoms with E-state index in [4.69, 9.17) is 15.0 Å². The summed E-state index contributed by atoms with van der Waals surface area (Å²) in [6.07, 6.45) is 3.03. The van der Waals surface area contributed by atoms with Crippen LogP contribution in [0.25, 0.3) is 0 Å². The summed E-state index contributed by atoms with van der Waals surface area (Å²) in [7, 11) is 1.42. The molecule has 0 saturated heterocycles. The fourth-order valence-corrected chi connectivity index (χ4v) is 1.71. The van der Waals surface area contributed by atoms with Gasteiger partial charge < -0.3 is 9.15 Å². The maximum atomic E-state index is 14.1. The van der Waals surface area contributed by atoms with Crippen LogP contribution >= 0.6 is 0 Å². The number of hydrogen-bond donors (Lipinski definition) is 2. The third-order valence-electron chi connectivity index (χ3n) is 2.57. The van der Waals surface area contributed by atoms with Gasteiger partial charge in [0.2, 0.25) is 0 Å². The number of nitrogens with two attached hydrogens (primary N) is 1. The molecule has 0 amide bonds. The first-order chi connectivity index (χ1) is 8.27. The lowest BCUT2D eigenvalue weighted by Crippen LogP contribution is -2.29. The van der Waals surface area contributed by atoms with Gasteiger partial charge in [-0.3, -0.25) is 5.84 Å². The molecule has 1 aromatic heterocycles. The van der Waals surface area contributed by atoms with Crippen molar-refractivity contribution in [3.63, 3.8) is 0 Å². The summed E-state index contributed by atoms with van der Waals surface area (Å²) < 4.78 is 23.9. The predicted molar refractivity (Wildman–Crippen MR) is 60.8 cm³/mol. The minimum absolute atomic E-state index is 0.186. The van der Waals surface area contributed by atoms with Crippen LogP contribution in [0.1, 0.15) is 17.2 Å². The van der Waals surface area contributed by atoms with E-state index in [0.29, 0.717) is 5.56 Å². The Morgan fingerprint density at radius 1 is 1.41 bits per heavy atom. The molecule has 1 unspecified atom stereocenters. The first-order valence-electron chi connectivity index (χ1n) is 5.08. The van der Waals surface area contributed by atoms with E-state index < -0.39 is 11.9 Å². The van der Waals surface area contributed by atoms with Gasteiger partial charge in [0.1, 0.15) is 0 Å². The summed E-state index contributed by atoms with van der Waals surface area (Å²) in [5.41, 5.74) is 3.72. The fraction of sp³-hybridized carbons (Fsp3) is 0.167. The van der Waals surface area contributed by atoms with Gasteiger partial charge in [-0.1, -0.05) is 12.1 Å². The SMILES string of the molecule is COc1cccc(C(NN)c2ccoc2)c1F. The van der Waals surface area contributed by atoms with Gasteiger partial charge in [-0.05, 0) is 12.1 Å². The highest BCUT2D eigenvalue weighted by atomic mass is 19.1. The maximum absolute atomic E-state index is 14.1. The molecule has 0 aliphatic rings. The van der Waals surface area contributed by atoms with Crippen LogP contribution in [-0.2, 0) is 0 Å². The van der Waals surface area contributed by atoms with Gasteiger partial charge in [0.05, 0.1) is 25.7 Å². The average molecular weight is 236 g/mol. The number of furan rings is 1. The van der Waals surface area contributed by atoms with E-state index in [9.17, 15) is 4.39 Å². The molecule has 5 heteroatoms. The maximum Gasteiger partial charge on any atom is 0.170 e. The van der Waals surface area contributed by atoms with Gasteiger partial charge in [-0.15, -0.1) is 0 Å². The van der Waals surface area contributed by atoms with Gasteiger partial charge in [0.15, 0.2) is 11.6 Å². The van der Waals surface area contributed by atoms with Crippen LogP contribution in [0, 0.1) is 5.82 Å². The second-order valence-corrected chi connectivity index (χ2v) is 3.52. The fourth-order valence-electron chi connectivity index (χ4n) is 1.71. The topological polar surface area (TPSA) is 60.4 Å². The summed E-state index contributed by atoms with van der Waals surface area (Å²) in [4.78, 5) is 0. The zero-order chi connectivity index (χ0) is 12.3.